The van der Waals surface area contributed by atoms with Gasteiger partial charge < -0.3 is 9.47 Å². The Morgan fingerprint density at radius 3 is 3.07 bits per heavy atom. The highest BCUT2D eigenvalue weighted by Crippen LogP contribution is 2.35. The molecule has 0 N–H and O–H groups in total. The van der Waals surface area contributed by atoms with Crippen LogP contribution in [0.5, 0.6) is 0 Å². The van der Waals surface area contributed by atoms with Gasteiger partial charge >= 0.3 is 0 Å². The minimum Gasteiger partial charge on any atom is -0.495 e. The van der Waals surface area contributed by atoms with Crippen LogP contribution in [0, 0.1) is 0 Å². The molecule has 76 valence electrons. The number of rotatable bonds is 1. The van der Waals surface area contributed by atoms with Crippen molar-refractivity contribution < 1.29 is 9.47 Å². The summed E-state index contributed by atoms with van der Waals surface area (Å²) in [6, 6.07) is 0. The number of allylic oxidation sites excluding steroid dienone is 3. The van der Waals surface area contributed by atoms with Crippen LogP contribution in [0.3, 0.4) is 0 Å². The van der Waals surface area contributed by atoms with Crippen LogP contribution in [-0.2, 0) is 9.47 Å². The van der Waals surface area contributed by atoms with Gasteiger partial charge in [0.05, 0.1) is 13.2 Å². The van der Waals surface area contributed by atoms with E-state index < -0.39 is 0 Å². The lowest BCUT2D eigenvalue weighted by molar-refractivity contribution is -0.0158. The van der Waals surface area contributed by atoms with Gasteiger partial charge in [-0.2, -0.15) is 0 Å². The van der Waals surface area contributed by atoms with Crippen molar-refractivity contribution in [3.05, 3.63) is 36.1 Å². The van der Waals surface area contributed by atoms with E-state index in [2.05, 4.69) is 19.6 Å². The normalized spacial score (nSPS) is 31.8. The zero-order chi connectivity index (χ0) is 10.0. The van der Waals surface area contributed by atoms with Crippen LogP contribution < -0.4 is 0 Å². The van der Waals surface area contributed by atoms with E-state index in [4.69, 9.17) is 9.47 Å². The topological polar surface area (TPSA) is 18.5 Å². The average Bonchev–Trinajstić information content (AvgIpc) is 2.37. The fourth-order valence-corrected chi connectivity index (χ4v) is 1.90. The highest BCUT2D eigenvalue weighted by molar-refractivity contribution is 5.34. The second-order valence-corrected chi connectivity index (χ2v) is 3.93. The molecular weight excluding hydrogens is 176 g/mol. The summed E-state index contributed by atoms with van der Waals surface area (Å²) in [6.07, 6.45) is 7.77. The van der Waals surface area contributed by atoms with Gasteiger partial charge in [0.25, 0.3) is 0 Å². The van der Waals surface area contributed by atoms with Crippen LogP contribution in [0.2, 0.25) is 0 Å². The third kappa shape index (κ3) is 1.62. The minimum atomic E-state index is -0.269. The molecule has 1 heterocycles. The van der Waals surface area contributed by atoms with Crippen molar-refractivity contribution in [2.45, 2.75) is 25.4 Å². The summed E-state index contributed by atoms with van der Waals surface area (Å²) in [5, 5.41) is 0. The summed E-state index contributed by atoms with van der Waals surface area (Å²) in [6.45, 7) is 7.41. The maximum absolute atomic E-state index is 5.84. The Kier molecular flexibility index (Phi) is 2.46. The molecule has 0 aromatic carbocycles. The Bertz CT molecular complexity index is 301. The molecule has 0 saturated carbocycles. The van der Waals surface area contributed by atoms with Gasteiger partial charge in [-0.25, -0.2) is 0 Å². The van der Waals surface area contributed by atoms with E-state index in [0.717, 1.165) is 31.8 Å². The van der Waals surface area contributed by atoms with Gasteiger partial charge in [-0.1, -0.05) is 18.7 Å². The minimum absolute atomic E-state index is 0.269. The SMILES string of the molecule is C=CC1=CC=C2OCCCO[C@]2(C)C1. The Balaban J connectivity index is 2.28. The first-order chi connectivity index (χ1) is 6.74. The van der Waals surface area contributed by atoms with Crippen molar-refractivity contribution in [3.8, 4) is 0 Å². The van der Waals surface area contributed by atoms with E-state index in [0.29, 0.717) is 0 Å². The summed E-state index contributed by atoms with van der Waals surface area (Å²) in [7, 11) is 0. The van der Waals surface area contributed by atoms with Gasteiger partial charge in [0, 0.05) is 12.8 Å². The molecule has 1 aliphatic carbocycles. The van der Waals surface area contributed by atoms with E-state index in [1.54, 1.807) is 0 Å². The second kappa shape index (κ2) is 3.62. The molecule has 2 nitrogen and oxygen atoms in total. The molecule has 0 amide bonds. The molecule has 0 bridgehead atoms. The first-order valence-electron chi connectivity index (χ1n) is 5.05. The van der Waals surface area contributed by atoms with Crippen LogP contribution in [-0.4, -0.2) is 18.8 Å². The van der Waals surface area contributed by atoms with Crippen molar-refractivity contribution in [3.63, 3.8) is 0 Å². The fraction of sp³-hybridized carbons (Fsp3) is 0.500. The van der Waals surface area contributed by atoms with Crippen LogP contribution in [0.15, 0.2) is 36.1 Å². The number of ether oxygens (including phenoxy) is 2. The standard InChI is InChI=1S/C12H16O2/c1-3-10-5-6-11-12(2,9-10)14-8-4-7-13-11/h3,5-6H,1,4,7-9H2,2H3/t12-/m1/s1. The summed E-state index contributed by atoms with van der Waals surface area (Å²) in [5.41, 5.74) is 0.941. The maximum Gasteiger partial charge on any atom is 0.128 e. The van der Waals surface area contributed by atoms with Crippen LogP contribution >= 0.6 is 0 Å². The third-order valence-corrected chi connectivity index (χ3v) is 2.74. The predicted molar refractivity (Wildman–Crippen MR) is 55.9 cm³/mol. The van der Waals surface area contributed by atoms with Crippen molar-refractivity contribution in [2.75, 3.05) is 13.2 Å². The molecule has 2 rings (SSSR count). The van der Waals surface area contributed by atoms with Gasteiger partial charge in [-0.05, 0) is 18.6 Å². The molecule has 1 atom stereocenters. The molecule has 2 heteroatoms. The quantitative estimate of drug-likeness (QED) is 0.635. The first kappa shape index (κ1) is 9.53. The summed E-state index contributed by atoms with van der Waals surface area (Å²) < 4.78 is 11.5. The molecule has 14 heavy (non-hydrogen) atoms. The van der Waals surface area contributed by atoms with Crippen LogP contribution in [0.4, 0.5) is 0 Å². The molecule has 1 aliphatic heterocycles. The first-order valence-corrected chi connectivity index (χ1v) is 5.05. The van der Waals surface area contributed by atoms with Crippen molar-refractivity contribution >= 4 is 0 Å². The summed E-state index contributed by atoms with van der Waals surface area (Å²) in [4.78, 5) is 0. The molecule has 1 fully saturated rings. The lowest BCUT2D eigenvalue weighted by Gasteiger charge is -2.32. The number of hydrogen-bond donors (Lipinski definition) is 0. The molecule has 0 unspecified atom stereocenters. The van der Waals surface area contributed by atoms with E-state index in [-0.39, 0.29) is 5.60 Å². The molecular formula is C12H16O2. The Hall–Kier alpha value is -1.02. The van der Waals surface area contributed by atoms with E-state index in [1.807, 2.05) is 12.2 Å². The zero-order valence-electron chi connectivity index (χ0n) is 8.58. The monoisotopic (exact) mass is 192 g/mol. The average molecular weight is 192 g/mol. The Morgan fingerprint density at radius 1 is 1.43 bits per heavy atom. The lowest BCUT2D eigenvalue weighted by Crippen LogP contribution is -2.33. The van der Waals surface area contributed by atoms with E-state index in [9.17, 15) is 0 Å². The third-order valence-electron chi connectivity index (χ3n) is 2.74. The van der Waals surface area contributed by atoms with Crippen molar-refractivity contribution in [2.24, 2.45) is 0 Å². The van der Waals surface area contributed by atoms with Gasteiger partial charge in [0.2, 0.25) is 0 Å². The van der Waals surface area contributed by atoms with Crippen LogP contribution in [0.25, 0.3) is 0 Å². The summed E-state index contributed by atoms with van der Waals surface area (Å²) in [5.74, 6) is 0.959. The van der Waals surface area contributed by atoms with Crippen molar-refractivity contribution in [1.29, 1.82) is 0 Å². The largest absolute Gasteiger partial charge is 0.495 e. The molecule has 0 spiro atoms. The number of hydrogen-bond acceptors (Lipinski definition) is 2. The van der Waals surface area contributed by atoms with Gasteiger partial charge in [-0.3, -0.25) is 0 Å². The fourth-order valence-electron chi connectivity index (χ4n) is 1.90. The van der Waals surface area contributed by atoms with E-state index in [1.165, 1.54) is 5.57 Å². The molecule has 0 radical (unpaired) electrons. The summed E-state index contributed by atoms with van der Waals surface area (Å²) >= 11 is 0. The van der Waals surface area contributed by atoms with Crippen LogP contribution in [0.1, 0.15) is 19.8 Å². The van der Waals surface area contributed by atoms with Gasteiger partial charge in [0.15, 0.2) is 0 Å². The smallest absolute Gasteiger partial charge is 0.128 e. The zero-order valence-corrected chi connectivity index (χ0v) is 8.58. The molecule has 0 aromatic rings. The predicted octanol–water partition coefficient (Wildman–Crippen LogP) is 2.58. The maximum atomic E-state index is 5.84. The highest BCUT2D eigenvalue weighted by Gasteiger charge is 2.35. The Morgan fingerprint density at radius 2 is 2.29 bits per heavy atom. The second-order valence-electron chi connectivity index (χ2n) is 3.93. The molecule has 2 aliphatic rings. The molecule has 1 saturated heterocycles. The van der Waals surface area contributed by atoms with Gasteiger partial charge in [0.1, 0.15) is 11.4 Å². The van der Waals surface area contributed by atoms with E-state index >= 15 is 0 Å². The molecule has 0 aromatic heterocycles. The highest BCUT2D eigenvalue weighted by atomic mass is 16.6. The lowest BCUT2D eigenvalue weighted by atomic mass is 9.89. The Labute approximate surface area is 84.9 Å². The number of fused-ring (bicyclic) bond motifs is 1. The van der Waals surface area contributed by atoms with Gasteiger partial charge in [-0.15, -0.1) is 0 Å². The van der Waals surface area contributed by atoms with Crippen molar-refractivity contribution in [1.82, 2.24) is 0 Å².